The fourth-order valence-electron chi connectivity index (χ4n) is 5.61. The predicted octanol–water partition coefficient (Wildman–Crippen LogP) is 13.4. The molecular weight excluding hydrogens is 648 g/mol. The molecule has 0 saturated carbocycles. The van der Waals surface area contributed by atoms with Gasteiger partial charge in [0.1, 0.15) is 13.2 Å². The topological polar surface area (TPSA) is 78.9 Å². The quantitative estimate of drug-likeness (QED) is 0.0274. The lowest BCUT2D eigenvalue weighted by Gasteiger charge is -2.18. The summed E-state index contributed by atoms with van der Waals surface area (Å²) in [6.07, 6.45) is 47.9. The Morgan fingerprint density at radius 3 is 1.17 bits per heavy atom. The second kappa shape index (κ2) is 40.9. The van der Waals surface area contributed by atoms with Gasteiger partial charge >= 0.3 is 17.9 Å². The van der Waals surface area contributed by atoms with Gasteiger partial charge in [-0.05, 0) is 51.4 Å². The van der Waals surface area contributed by atoms with E-state index in [1.807, 2.05) is 12.2 Å². The van der Waals surface area contributed by atoms with Gasteiger partial charge in [-0.15, -0.1) is 0 Å². The molecule has 0 N–H and O–H groups in total. The van der Waals surface area contributed by atoms with Gasteiger partial charge in [0.05, 0.1) is 0 Å². The average molecular weight is 727 g/mol. The lowest BCUT2D eigenvalue weighted by atomic mass is 10.1. The van der Waals surface area contributed by atoms with Crippen LogP contribution in [0.5, 0.6) is 0 Å². The Bertz CT molecular complexity index is 975. The van der Waals surface area contributed by atoms with Gasteiger partial charge in [-0.3, -0.25) is 14.4 Å². The zero-order chi connectivity index (χ0) is 38.0. The fraction of sp³-hybridized carbons (Fsp3) is 0.717. The second-order valence-corrected chi connectivity index (χ2v) is 13.9. The summed E-state index contributed by atoms with van der Waals surface area (Å²) in [5, 5.41) is 0. The van der Waals surface area contributed by atoms with E-state index in [1.54, 1.807) is 0 Å². The zero-order valence-corrected chi connectivity index (χ0v) is 33.8. The van der Waals surface area contributed by atoms with Crippen LogP contribution >= 0.6 is 0 Å². The summed E-state index contributed by atoms with van der Waals surface area (Å²) in [6.45, 7) is 6.39. The maximum atomic E-state index is 12.6. The van der Waals surface area contributed by atoms with E-state index in [1.165, 1.54) is 77.0 Å². The molecule has 0 saturated heterocycles. The lowest BCUT2D eigenvalue weighted by molar-refractivity contribution is -0.166. The van der Waals surface area contributed by atoms with Crippen molar-refractivity contribution in [2.75, 3.05) is 13.2 Å². The van der Waals surface area contributed by atoms with Crippen molar-refractivity contribution in [3.05, 3.63) is 60.8 Å². The fourth-order valence-corrected chi connectivity index (χ4v) is 5.61. The molecule has 52 heavy (non-hydrogen) atoms. The first-order valence-electron chi connectivity index (χ1n) is 21.3. The molecule has 1 unspecified atom stereocenters. The molecule has 1 atom stereocenters. The highest BCUT2D eigenvalue weighted by molar-refractivity contribution is 5.71. The molecule has 0 rings (SSSR count). The molecule has 0 aromatic carbocycles. The van der Waals surface area contributed by atoms with E-state index in [9.17, 15) is 14.4 Å². The molecule has 298 valence electrons. The Labute approximate surface area is 320 Å². The first kappa shape index (κ1) is 49.1. The van der Waals surface area contributed by atoms with E-state index in [0.29, 0.717) is 19.3 Å². The van der Waals surface area contributed by atoms with E-state index < -0.39 is 6.10 Å². The number of carbonyl (C=O) groups excluding carboxylic acids is 3. The first-order valence-corrected chi connectivity index (χ1v) is 21.3. The van der Waals surface area contributed by atoms with Crippen LogP contribution in [0.4, 0.5) is 0 Å². The number of rotatable bonds is 37. The van der Waals surface area contributed by atoms with Crippen molar-refractivity contribution in [3.8, 4) is 0 Å². The van der Waals surface area contributed by atoms with Crippen LogP contribution < -0.4 is 0 Å². The molecule has 0 bridgehead atoms. The van der Waals surface area contributed by atoms with Gasteiger partial charge in [0.15, 0.2) is 6.10 Å². The summed E-state index contributed by atoms with van der Waals surface area (Å²) in [5.41, 5.74) is 0. The Balaban J connectivity index is 4.46. The van der Waals surface area contributed by atoms with Gasteiger partial charge in [0.25, 0.3) is 0 Å². The number of allylic oxidation sites excluding steroid dienone is 10. The van der Waals surface area contributed by atoms with Crippen molar-refractivity contribution < 1.29 is 28.6 Å². The van der Waals surface area contributed by atoms with E-state index >= 15 is 0 Å². The first-order chi connectivity index (χ1) is 25.5. The van der Waals surface area contributed by atoms with Gasteiger partial charge in [-0.2, -0.15) is 0 Å². The van der Waals surface area contributed by atoms with Gasteiger partial charge in [-0.25, -0.2) is 0 Å². The maximum absolute atomic E-state index is 12.6. The van der Waals surface area contributed by atoms with Crippen molar-refractivity contribution >= 4 is 17.9 Å². The Kier molecular flexibility index (Phi) is 38.6. The summed E-state index contributed by atoms with van der Waals surface area (Å²) < 4.78 is 16.5. The van der Waals surface area contributed by atoms with Crippen LogP contribution in [0.15, 0.2) is 60.8 Å². The van der Waals surface area contributed by atoms with E-state index in [4.69, 9.17) is 14.2 Å². The molecule has 0 heterocycles. The Morgan fingerprint density at radius 1 is 0.404 bits per heavy atom. The molecule has 6 nitrogen and oxygen atoms in total. The minimum atomic E-state index is -0.796. The van der Waals surface area contributed by atoms with Crippen LogP contribution in [0.1, 0.15) is 194 Å². The van der Waals surface area contributed by atoms with Crippen molar-refractivity contribution in [3.63, 3.8) is 0 Å². The third kappa shape index (κ3) is 38.3. The molecule has 0 spiro atoms. The van der Waals surface area contributed by atoms with Crippen LogP contribution in [-0.4, -0.2) is 37.2 Å². The minimum absolute atomic E-state index is 0.0954. The molecule has 0 amide bonds. The monoisotopic (exact) mass is 727 g/mol. The summed E-state index contributed by atoms with van der Waals surface area (Å²) in [5.74, 6) is -0.993. The predicted molar refractivity (Wildman–Crippen MR) is 219 cm³/mol. The van der Waals surface area contributed by atoms with Crippen LogP contribution in [0.25, 0.3) is 0 Å². The highest BCUT2D eigenvalue weighted by Gasteiger charge is 2.19. The van der Waals surface area contributed by atoms with E-state index in [0.717, 1.165) is 70.6 Å². The number of esters is 3. The van der Waals surface area contributed by atoms with Gasteiger partial charge in [0.2, 0.25) is 0 Å². The molecule has 0 aliphatic carbocycles. The molecule has 0 aliphatic heterocycles. The van der Waals surface area contributed by atoms with E-state index in [2.05, 4.69) is 69.4 Å². The third-order valence-electron chi connectivity index (χ3n) is 8.80. The number of carbonyl (C=O) groups is 3. The average Bonchev–Trinajstić information content (AvgIpc) is 3.14. The standard InChI is InChI=1S/C46H78O6/c1-4-7-10-13-16-19-20-21-22-23-24-25-28-30-33-36-39-45(48)51-42-43(52-46(49)40-37-34-31-27-18-15-12-9-6-3)41-50-44(47)38-35-32-29-26-17-14-11-8-5-2/h7,10,16,19,21-22,24-25,30,33,43H,4-6,8-9,11-15,17-18,20,23,26-29,31-32,34-42H2,1-3H3/b10-7-,19-16-,22-21-,25-24-,33-30-. The van der Waals surface area contributed by atoms with Crippen molar-refractivity contribution in [1.29, 1.82) is 0 Å². The van der Waals surface area contributed by atoms with Gasteiger partial charge in [0, 0.05) is 19.3 Å². The number of ether oxygens (including phenoxy) is 3. The largest absolute Gasteiger partial charge is 0.462 e. The minimum Gasteiger partial charge on any atom is -0.462 e. The van der Waals surface area contributed by atoms with Crippen molar-refractivity contribution in [1.82, 2.24) is 0 Å². The summed E-state index contributed by atoms with van der Waals surface area (Å²) in [4.78, 5) is 37.5. The van der Waals surface area contributed by atoms with Crippen LogP contribution in [-0.2, 0) is 28.6 Å². The van der Waals surface area contributed by atoms with Gasteiger partial charge < -0.3 is 14.2 Å². The maximum Gasteiger partial charge on any atom is 0.306 e. The van der Waals surface area contributed by atoms with Crippen molar-refractivity contribution in [2.45, 2.75) is 200 Å². The van der Waals surface area contributed by atoms with Crippen LogP contribution in [0.2, 0.25) is 0 Å². The SMILES string of the molecule is CC/C=C\C/C=C\C/C=C\C/C=C\C/C=C\CCC(=O)OCC(COC(=O)CCCCCCCCCCC)OC(=O)CCCCCCCCCCC. The van der Waals surface area contributed by atoms with Gasteiger partial charge in [-0.1, -0.05) is 184 Å². The molecule has 0 radical (unpaired) electrons. The normalized spacial score (nSPS) is 12.6. The molecule has 6 heteroatoms. The molecular formula is C46H78O6. The highest BCUT2D eigenvalue weighted by Crippen LogP contribution is 2.13. The van der Waals surface area contributed by atoms with Crippen LogP contribution in [0.3, 0.4) is 0 Å². The molecule has 0 fully saturated rings. The lowest BCUT2D eigenvalue weighted by Crippen LogP contribution is -2.30. The third-order valence-corrected chi connectivity index (χ3v) is 8.80. The molecule has 0 aromatic rings. The smallest absolute Gasteiger partial charge is 0.306 e. The van der Waals surface area contributed by atoms with E-state index in [-0.39, 0.29) is 37.5 Å². The summed E-state index contributed by atoms with van der Waals surface area (Å²) in [7, 11) is 0. The Morgan fingerprint density at radius 2 is 0.750 bits per heavy atom. The zero-order valence-electron chi connectivity index (χ0n) is 33.8. The number of hydrogen-bond donors (Lipinski definition) is 0. The highest BCUT2D eigenvalue weighted by atomic mass is 16.6. The summed E-state index contributed by atoms with van der Waals surface area (Å²) >= 11 is 0. The number of unbranched alkanes of at least 4 members (excludes halogenated alkanes) is 16. The second-order valence-electron chi connectivity index (χ2n) is 13.9. The van der Waals surface area contributed by atoms with Crippen molar-refractivity contribution in [2.24, 2.45) is 0 Å². The Hall–Kier alpha value is -2.89. The van der Waals surface area contributed by atoms with Crippen LogP contribution in [0, 0.1) is 0 Å². The molecule has 0 aromatic heterocycles. The summed E-state index contributed by atoms with van der Waals surface area (Å²) in [6, 6.07) is 0. The number of hydrogen-bond acceptors (Lipinski definition) is 6. The molecule has 0 aliphatic rings.